The lowest BCUT2D eigenvalue weighted by Gasteiger charge is -2.28. The molecule has 0 aliphatic heterocycles. The molecule has 1 heterocycles. The Morgan fingerprint density at radius 2 is 2.19 bits per heavy atom. The molecule has 1 aromatic carbocycles. The fourth-order valence-corrected chi connectivity index (χ4v) is 3.77. The van der Waals surface area contributed by atoms with Crippen LogP contribution in [0.2, 0.25) is 5.02 Å². The van der Waals surface area contributed by atoms with Gasteiger partial charge in [-0.15, -0.1) is 0 Å². The summed E-state index contributed by atoms with van der Waals surface area (Å²) in [5.41, 5.74) is 6.17. The molecule has 0 saturated carbocycles. The average Bonchev–Trinajstić information content (AvgIpc) is 2.98. The number of nitrogens with zero attached hydrogens (tertiary/aromatic N) is 2. The molecule has 6 heteroatoms. The lowest BCUT2D eigenvalue weighted by Crippen LogP contribution is -2.24. The number of halogens is 1. The van der Waals surface area contributed by atoms with Gasteiger partial charge in [0.2, 0.25) is 0 Å². The van der Waals surface area contributed by atoms with Gasteiger partial charge in [-0.25, -0.2) is 5.43 Å². The van der Waals surface area contributed by atoms with E-state index >= 15 is 0 Å². The van der Waals surface area contributed by atoms with E-state index in [2.05, 4.69) is 41.5 Å². The maximum absolute atomic E-state index is 12.5. The van der Waals surface area contributed by atoms with E-state index in [0.717, 1.165) is 42.5 Å². The van der Waals surface area contributed by atoms with Gasteiger partial charge in [-0.3, -0.25) is 9.89 Å². The summed E-state index contributed by atoms with van der Waals surface area (Å²) in [6, 6.07) is 7.34. The third-order valence-corrected chi connectivity index (χ3v) is 4.98. The number of hydrogen-bond acceptors (Lipinski definition) is 3. The number of hydrogen-bond donors (Lipinski definition) is 2. The van der Waals surface area contributed by atoms with Crippen molar-refractivity contribution in [3.05, 3.63) is 51.8 Å². The summed E-state index contributed by atoms with van der Waals surface area (Å²) < 4.78 is 0. The number of aryl methyl sites for hydroxylation is 1. The lowest BCUT2D eigenvalue weighted by molar-refractivity contribution is 0.0948. The van der Waals surface area contributed by atoms with Crippen molar-refractivity contribution in [1.82, 2.24) is 15.6 Å². The Hall–Kier alpha value is -2.14. The van der Waals surface area contributed by atoms with Gasteiger partial charge < -0.3 is 0 Å². The average molecular weight is 373 g/mol. The van der Waals surface area contributed by atoms with Crippen molar-refractivity contribution in [1.29, 1.82) is 0 Å². The van der Waals surface area contributed by atoms with Gasteiger partial charge in [0.25, 0.3) is 5.91 Å². The van der Waals surface area contributed by atoms with Gasteiger partial charge in [-0.1, -0.05) is 50.6 Å². The first-order chi connectivity index (χ1) is 12.3. The molecule has 0 bridgehead atoms. The highest BCUT2D eigenvalue weighted by molar-refractivity contribution is 6.33. The zero-order valence-electron chi connectivity index (χ0n) is 15.5. The first kappa shape index (κ1) is 18.6. The topological polar surface area (TPSA) is 70.1 Å². The first-order valence-electron chi connectivity index (χ1n) is 8.97. The van der Waals surface area contributed by atoms with Crippen LogP contribution in [0.5, 0.6) is 0 Å². The first-order valence-corrected chi connectivity index (χ1v) is 9.35. The molecule has 0 unspecified atom stereocenters. The Labute approximate surface area is 159 Å². The molecule has 3 rings (SSSR count). The number of nitrogens with one attached hydrogen (secondary N) is 2. The monoisotopic (exact) mass is 372 g/mol. The number of carbonyl (C=O) groups excluding carboxylic acids is 1. The third-order valence-electron chi connectivity index (χ3n) is 4.64. The summed E-state index contributed by atoms with van der Waals surface area (Å²) in [4.78, 5) is 12.5. The van der Waals surface area contributed by atoms with Crippen molar-refractivity contribution in [2.75, 3.05) is 0 Å². The predicted octanol–water partition coefficient (Wildman–Crippen LogP) is 4.37. The molecule has 0 saturated heterocycles. The molecule has 1 amide bonds. The maximum Gasteiger partial charge on any atom is 0.292 e. The number of H-pyrrole nitrogens is 1. The van der Waals surface area contributed by atoms with Crippen LogP contribution in [0.25, 0.3) is 0 Å². The molecule has 5 nitrogen and oxygen atoms in total. The number of carbonyl (C=O) groups is 1. The Morgan fingerprint density at radius 3 is 2.92 bits per heavy atom. The zero-order chi connectivity index (χ0) is 18.7. The van der Waals surface area contributed by atoms with Crippen molar-refractivity contribution >= 4 is 23.7 Å². The van der Waals surface area contributed by atoms with E-state index in [1.807, 2.05) is 18.2 Å². The lowest BCUT2D eigenvalue weighted by atomic mass is 9.76. The SMILES string of the molecule is CC(C)(C)C[C@H]1CCc2[nH]nc(C(=O)N/N=C\c3ccccc3Cl)c2C1. The van der Waals surface area contributed by atoms with Crippen LogP contribution < -0.4 is 5.43 Å². The van der Waals surface area contributed by atoms with Crippen LogP contribution >= 0.6 is 11.6 Å². The molecule has 0 spiro atoms. The molecule has 26 heavy (non-hydrogen) atoms. The Morgan fingerprint density at radius 1 is 1.42 bits per heavy atom. The van der Waals surface area contributed by atoms with E-state index in [9.17, 15) is 4.79 Å². The van der Waals surface area contributed by atoms with Crippen molar-refractivity contribution in [3.63, 3.8) is 0 Å². The summed E-state index contributed by atoms with van der Waals surface area (Å²) in [6.07, 6.45) is 5.66. The molecule has 0 radical (unpaired) electrons. The van der Waals surface area contributed by atoms with E-state index in [1.54, 1.807) is 12.3 Å². The van der Waals surface area contributed by atoms with Crippen LogP contribution in [-0.2, 0) is 12.8 Å². The minimum Gasteiger partial charge on any atom is -0.281 e. The highest BCUT2D eigenvalue weighted by Crippen LogP contribution is 2.34. The van der Waals surface area contributed by atoms with Crippen LogP contribution in [0.4, 0.5) is 0 Å². The Bertz CT molecular complexity index is 819. The van der Waals surface area contributed by atoms with Crippen molar-refractivity contribution < 1.29 is 4.79 Å². The van der Waals surface area contributed by atoms with Crippen molar-refractivity contribution in [2.45, 2.75) is 46.5 Å². The van der Waals surface area contributed by atoms with Crippen molar-refractivity contribution in [2.24, 2.45) is 16.4 Å². The predicted molar refractivity (Wildman–Crippen MR) is 105 cm³/mol. The van der Waals surface area contributed by atoms with E-state index in [-0.39, 0.29) is 11.3 Å². The van der Waals surface area contributed by atoms with Crippen LogP contribution in [0.15, 0.2) is 29.4 Å². The number of amides is 1. The van der Waals surface area contributed by atoms with Crippen molar-refractivity contribution in [3.8, 4) is 0 Å². The molecule has 1 aromatic heterocycles. The van der Waals surface area contributed by atoms with E-state index in [0.29, 0.717) is 16.6 Å². The zero-order valence-corrected chi connectivity index (χ0v) is 16.2. The summed E-state index contributed by atoms with van der Waals surface area (Å²) in [7, 11) is 0. The minimum absolute atomic E-state index is 0.285. The highest BCUT2D eigenvalue weighted by Gasteiger charge is 2.28. The van der Waals surface area contributed by atoms with Gasteiger partial charge >= 0.3 is 0 Å². The highest BCUT2D eigenvalue weighted by atomic mass is 35.5. The molecule has 1 atom stereocenters. The molecule has 1 aliphatic carbocycles. The summed E-state index contributed by atoms with van der Waals surface area (Å²) in [5.74, 6) is 0.292. The normalized spacial score (nSPS) is 17.3. The fraction of sp³-hybridized carbons (Fsp3) is 0.450. The number of aromatic nitrogens is 2. The number of benzene rings is 1. The second-order valence-corrected chi connectivity index (χ2v) is 8.53. The molecule has 2 aromatic rings. The summed E-state index contributed by atoms with van der Waals surface area (Å²) in [5, 5.41) is 11.9. The molecular weight excluding hydrogens is 348 g/mol. The third kappa shape index (κ3) is 4.52. The second-order valence-electron chi connectivity index (χ2n) is 8.12. The minimum atomic E-state index is -0.290. The smallest absolute Gasteiger partial charge is 0.281 e. The quantitative estimate of drug-likeness (QED) is 0.618. The van der Waals surface area contributed by atoms with Crippen LogP contribution in [-0.4, -0.2) is 22.3 Å². The van der Waals surface area contributed by atoms with Gasteiger partial charge in [0.1, 0.15) is 0 Å². The second kappa shape index (κ2) is 7.62. The van der Waals surface area contributed by atoms with Gasteiger partial charge in [0, 0.05) is 21.8 Å². The van der Waals surface area contributed by atoms with Gasteiger partial charge in [-0.05, 0) is 43.1 Å². The standard InChI is InChI=1S/C20H25ClN4O/c1-20(2,3)11-13-8-9-17-15(10-13)18(24-23-17)19(26)25-22-12-14-6-4-5-7-16(14)21/h4-7,12-13H,8-11H2,1-3H3,(H,23,24)(H,25,26)/b22-12-/t13-/m0/s1. The van der Waals surface area contributed by atoms with Gasteiger partial charge in [0.15, 0.2) is 5.69 Å². The molecule has 2 N–H and O–H groups in total. The van der Waals surface area contributed by atoms with Crippen LogP contribution in [0, 0.1) is 11.3 Å². The Kier molecular flexibility index (Phi) is 5.47. The molecule has 138 valence electrons. The van der Waals surface area contributed by atoms with E-state index < -0.39 is 0 Å². The van der Waals surface area contributed by atoms with E-state index in [1.165, 1.54) is 0 Å². The van der Waals surface area contributed by atoms with Crippen LogP contribution in [0.3, 0.4) is 0 Å². The van der Waals surface area contributed by atoms with Crippen LogP contribution in [0.1, 0.15) is 60.9 Å². The fourth-order valence-electron chi connectivity index (χ4n) is 3.59. The summed E-state index contributed by atoms with van der Waals surface area (Å²) >= 11 is 6.08. The van der Waals surface area contributed by atoms with Gasteiger partial charge in [-0.2, -0.15) is 10.2 Å². The Balaban J connectivity index is 1.68. The molecule has 0 fully saturated rings. The molecule has 1 aliphatic rings. The van der Waals surface area contributed by atoms with E-state index in [4.69, 9.17) is 11.6 Å². The maximum atomic E-state index is 12.5. The largest absolute Gasteiger partial charge is 0.292 e. The number of hydrazone groups is 1. The molecular formula is C20H25ClN4O. The number of fused-ring (bicyclic) bond motifs is 1. The number of aromatic amines is 1. The number of rotatable bonds is 4. The summed E-state index contributed by atoms with van der Waals surface area (Å²) in [6.45, 7) is 6.78. The van der Waals surface area contributed by atoms with Gasteiger partial charge in [0.05, 0.1) is 6.21 Å².